The molecule has 0 amide bonds. The van der Waals surface area contributed by atoms with E-state index in [0.717, 1.165) is 0 Å². The van der Waals surface area contributed by atoms with Gasteiger partial charge in [0.1, 0.15) is 0 Å². The fourth-order valence-corrected chi connectivity index (χ4v) is 0. The second-order valence-electron chi connectivity index (χ2n) is 0.247. The molecule has 0 radical (unpaired) electrons. The Labute approximate surface area is 39.7 Å². The average Bonchev–Trinajstić information content (AvgIpc) is 0.811. The molecule has 0 heterocycles. The van der Waals surface area contributed by atoms with Crippen molar-refractivity contribution in [2.24, 2.45) is 0 Å². The number of rotatable bonds is 0. The molecule has 4 heavy (non-hydrogen) atoms. The van der Waals surface area contributed by atoms with Crippen molar-refractivity contribution in [2.45, 2.75) is 0 Å². The Morgan fingerprint density at radius 3 is 2.00 bits per heavy atom. The first-order chi connectivity index (χ1) is 1.73. The van der Waals surface area contributed by atoms with E-state index in [1.807, 2.05) is 0 Å². The molecule has 0 rings (SSSR count). The first-order valence-corrected chi connectivity index (χ1v) is 6.02. The molecule has 0 nitrogen and oxygen atoms in total. The Morgan fingerprint density at radius 1 is 2.00 bits per heavy atom. The summed E-state index contributed by atoms with van der Waals surface area (Å²) in [6.07, 6.45) is 0. The Kier molecular flexibility index (Phi) is 3.23. The van der Waals surface area contributed by atoms with Crippen LogP contribution in [0.3, 0.4) is 0 Å². The van der Waals surface area contributed by atoms with Gasteiger partial charge in [0.25, 0.3) is 0 Å². The summed E-state index contributed by atoms with van der Waals surface area (Å²) in [7, 11) is 4.66. The van der Waals surface area contributed by atoms with Crippen molar-refractivity contribution in [1.82, 2.24) is 0 Å². The van der Waals surface area contributed by atoms with Crippen LogP contribution in [0.15, 0.2) is 0 Å². The van der Waals surface area contributed by atoms with E-state index in [1.54, 1.807) is 0 Å². The lowest BCUT2D eigenvalue weighted by atomic mass is 18.9. The first kappa shape index (κ1) is 5.23. The zero-order valence-corrected chi connectivity index (χ0v) is 5.21. The van der Waals surface area contributed by atoms with Gasteiger partial charge in [0.15, 0.2) is 0 Å². The van der Waals surface area contributed by atoms with Crippen LogP contribution in [-0.4, -0.2) is 11.9 Å². The summed E-state index contributed by atoms with van der Waals surface area (Å²) in [6, 6.07) is 0. The van der Waals surface area contributed by atoms with Crippen LogP contribution in [0.25, 0.3) is 0 Å². The molecular formula is AlBrClF. The molecule has 0 aliphatic rings. The van der Waals surface area contributed by atoms with Gasteiger partial charge < -0.3 is 3.52 Å². The van der Waals surface area contributed by atoms with Crippen LogP contribution >= 0.6 is 24.1 Å². The molecule has 0 spiro atoms. The largest absolute Gasteiger partial charge is 0.729 e. The van der Waals surface area contributed by atoms with Gasteiger partial charge in [0.05, 0.1) is 0 Å². The van der Waals surface area contributed by atoms with Gasteiger partial charge in [0.2, 0.25) is 0 Å². The quantitative estimate of drug-likeness (QED) is 0.473. The van der Waals surface area contributed by atoms with E-state index in [4.69, 9.17) is 0 Å². The van der Waals surface area contributed by atoms with Crippen molar-refractivity contribution < 1.29 is 3.52 Å². The van der Waals surface area contributed by atoms with Crippen LogP contribution in [0.5, 0.6) is 0 Å². The molecule has 24 valence electrons. The SMILES string of the molecule is [F][Al]([Cl])[Br]. The van der Waals surface area contributed by atoms with Crippen molar-refractivity contribution in [3.8, 4) is 0 Å². The maximum Gasteiger partial charge on any atom is 0.729 e. The van der Waals surface area contributed by atoms with Crippen molar-refractivity contribution >= 4 is 36.0 Å². The molecule has 0 aliphatic heterocycles. The van der Waals surface area contributed by atoms with Crippen LogP contribution in [0.1, 0.15) is 0 Å². The summed E-state index contributed by atoms with van der Waals surface area (Å²) in [6.45, 7) is 0. The van der Waals surface area contributed by atoms with E-state index < -0.39 is 11.9 Å². The maximum atomic E-state index is 10.8. The summed E-state index contributed by atoms with van der Waals surface area (Å²) >= 11 is 0.154. The number of hydrogen-bond donors (Lipinski definition) is 0. The molecule has 0 saturated carbocycles. The molecule has 0 atom stereocenters. The molecule has 0 aromatic carbocycles. The first-order valence-electron chi connectivity index (χ1n) is 0.655. The molecule has 0 unspecified atom stereocenters. The van der Waals surface area contributed by atoms with Crippen LogP contribution in [0.4, 0.5) is 3.52 Å². The normalized spacial score (nSPS) is 6.75. The van der Waals surface area contributed by atoms with E-state index in [2.05, 4.69) is 24.1 Å². The van der Waals surface area contributed by atoms with Gasteiger partial charge in [-0.1, -0.05) is 0 Å². The summed E-state index contributed by atoms with van der Waals surface area (Å²) in [5.41, 5.74) is 0. The fourth-order valence-electron chi connectivity index (χ4n) is 0. The molecule has 0 aromatic heterocycles. The van der Waals surface area contributed by atoms with Crippen molar-refractivity contribution in [3.63, 3.8) is 0 Å². The predicted molar refractivity (Wildman–Crippen MR) is 21.6 cm³/mol. The zero-order valence-electron chi connectivity index (χ0n) is 1.71. The average molecular weight is 161 g/mol. The maximum absolute atomic E-state index is 10.8. The minimum atomic E-state index is -2.35. The summed E-state index contributed by atoms with van der Waals surface area (Å²) < 4.78 is 10.8. The van der Waals surface area contributed by atoms with Crippen LogP contribution in [0, 0.1) is 0 Å². The van der Waals surface area contributed by atoms with Gasteiger partial charge in [-0.05, 0) is 0 Å². The van der Waals surface area contributed by atoms with Crippen molar-refractivity contribution in [2.75, 3.05) is 0 Å². The highest BCUT2D eigenvalue weighted by Gasteiger charge is 2.04. The van der Waals surface area contributed by atoms with Gasteiger partial charge in [-0.2, -0.15) is 0 Å². The third kappa shape index (κ3) is 10.6. The molecule has 0 saturated heterocycles. The molecule has 0 aliphatic carbocycles. The third-order valence-electron chi connectivity index (χ3n) is 0. The van der Waals surface area contributed by atoms with E-state index in [-0.39, 0.29) is 0 Å². The van der Waals surface area contributed by atoms with Gasteiger partial charge in [-0.3, -0.25) is 0 Å². The zero-order chi connectivity index (χ0) is 3.58. The highest BCUT2D eigenvalue weighted by atomic mass is 79.9. The summed E-state index contributed by atoms with van der Waals surface area (Å²) in [4.78, 5) is 0. The van der Waals surface area contributed by atoms with Crippen LogP contribution in [0.2, 0.25) is 0 Å². The molecule has 0 N–H and O–H groups in total. The van der Waals surface area contributed by atoms with E-state index in [0.29, 0.717) is 0 Å². The minimum absolute atomic E-state index is 2.35. The minimum Gasteiger partial charge on any atom is -0.379 e. The standard InChI is InChI=1S/Al.BrH.ClH.FH/h;3*1H/q+3;;;/p-3. The van der Waals surface area contributed by atoms with Gasteiger partial charge in [0, 0.05) is 0 Å². The van der Waals surface area contributed by atoms with Gasteiger partial charge >= 0.3 is 11.9 Å². The second-order valence-corrected chi connectivity index (χ2v) is 5.89. The molecule has 0 aromatic rings. The molecule has 4 heteroatoms. The van der Waals surface area contributed by atoms with Crippen molar-refractivity contribution in [3.05, 3.63) is 0 Å². The second kappa shape index (κ2) is 2.47. The van der Waals surface area contributed by atoms with Gasteiger partial charge in [-0.15, -0.1) is 14.1 Å². The lowest BCUT2D eigenvalue weighted by molar-refractivity contribution is 0.888. The fraction of sp³-hybridized carbons (Fsp3) is 0. The Morgan fingerprint density at radius 2 is 2.00 bits per heavy atom. The van der Waals surface area contributed by atoms with Crippen LogP contribution < -0.4 is 0 Å². The molecule has 0 fully saturated rings. The molecule has 0 bridgehead atoms. The topological polar surface area (TPSA) is 0 Å². The van der Waals surface area contributed by atoms with E-state index >= 15 is 0 Å². The van der Waals surface area contributed by atoms with Gasteiger partial charge in [-0.25, -0.2) is 10.0 Å². The Balaban J connectivity index is 2.32. The number of hydrogen-bond acceptors (Lipinski definition) is 0. The monoisotopic (exact) mass is 160 g/mol. The van der Waals surface area contributed by atoms with Crippen LogP contribution in [-0.2, 0) is 0 Å². The Bertz CT molecular complexity index is 12.8. The highest BCUT2D eigenvalue weighted by Crippen LogP contribution is 1.96. The third-order valence-corrected chi connectivity index (χ3v) is 0. The lowest BCUT2D eigenvalue weighted by Gasteiger charge is -1.56. The number of halogens is 3. The van der Waals surface area contributed by atoms with E-state index in [1.165, 1.54) is 0 Å². The summed E-state index contributed by atoms with van der Waals surface area (Å²) in [5.74, 6) is 0. The van der Waals surface area contributed by atoms with E-state index in [9.17, 15) is 3.52 Å². The smallest absolute Gasteiger partial charge is 0.379 e. The van der Waals surface area contributed by atoms with Crippen molar-refractivity contribution in [1.29, 1.82) is 0 Å². The predicted octanol–water partition coefficient (Wildman–Crippen LogP) is 1.57. The lowest BCUT2D eigenvalue weighted by Crippen LogP contribution is -1.68. The highest BCUT2D eigenvalue weighted by molar-refractivity contribution is 9.25. The molecular weight excluding hydrogens is 161 g/mol. The Hall–Kier alpha value is 1.23. The summed E-state index contributed by atoms with van der Waals surface area (Å²) in [5, 5.41) is 0.